The minimum atomic E-state index is -0.0206. The summed E-state index contributed by atoms with van der Waals surface area (Å²) in [4.78, 5) is 0. The summed E-state index contributed by atoms with van der Waals surface area (Å²) in [5, 5.41) is 3.75. The molecule has 0 aromatic carbocycles. The highest BCUT2D eigenvalue weighted by Gasteiger charge is 2.39. The maximum atomic E-state index is 6.35. The third-order valence-corrected chi connectivity index (χ3v) is 4.64. The topological polar surface area (TPSA) is 34.4 Å². The fourth-order valence-corrected chi connectivity index (χ4v) is 3.60. The lowest BCUT2D eigenvalue weighted by Gasteiger charge is -2.40. The van der Waals surface area contributed by atoms with Gasteiger partial charge in [-0.2, -0.15) is 0 Å². The molecule has 2 rings (SSSR count). The Morgan fingerprint density at radius 2 is 2.00 bits per heavy atom. The number of hydrogen-bond acceptors (Lipinski definition) is 3. The standard InChI is InChI=1S/C18H31NO2/c1-3-13-19-17(15-16-10-9-14-20-16)18(21-4-2)11-7-5-6-8-12-18/h9-10,14,17,19H,3-8,11-13,15H2,1-2H3. The molecular formula is C18H31NO2. The van der Waals surface area contributed by atoms with Crippen LogP contribution in [0, 0.1) is 0 Å². The van der Waals surface area contributed by atoms with Crippen molar-refractivity contribution in [2.24, 2.45) is 0 Å². The van der Waals surface area contributed by atoms with Crippen molar-refractivity contribution in [3.8, 4) is 0 Å². The van der Waals surface area contributed by atoms with Gasteiger partial charge >= 0.3 is 0 Å². The molecule has 1 heterocycles. The van der Waals surface area contributed by atoms with Gasteiger partial charge in [-0.05, 0) is 44.9 Å². The molecule has 0 amide bonds. The Kier molecular flexibility index (Phi) is 6.78. The van der Waals surface area contributed by atoms with Crippen molar-refractivity contribution in [3.63, 3.8) is 0 Å². The van der Waals surface area contributed by atoms with Gasteiger partial charge in [0.1, 0.15) is 5.76 Å². The van der Waals surface area contributed by atoms with Crippen LogP contribution in [0.4, 0.5) is 0 Å². The molecular weight excluding hydrogens is 262 g/mol. The number of ether oxygens (including phenoxy) is 1. The first-order valence-electron chi connectivity index (χ1n) is 8.70. The van der Waals surface area contributed by atoms with E-state index in [9.17, 15) is 0 Å². The number of furan rings is 1. The highest BCUT2D eigenvalue weighted by Crippen LogP contribution is 2.35. The van der Waals surface area contributed by atoms with E-state index in [1.807, 2.05) is 6.07 Å². The quantitative estimate of drug-likeness (QED) is 0.725. The summed E-state index contributed by atoms with van der Waals surface area (Å²) in [7, 11) is 0. The van der Waals surface area contributed by atoms with Crippen LogP contribution in [0.1, 0.15) is 64.6 Å². The lowest BCUT2D eigenvalue weighted by atomic mass is 9.83. The molecule has 0 saturated heterocycles. The van der Waals surface area contributed by atoms with Crippen molar-refractivity contribution in [2.75, 3.05) is 13.2 Å². The van der Waals surface area contributed by atoms with E-state index in [2.05, 4.69) is 25.2 Å². The first kappa shape index (κ1) is 16.6. The minimum absolute atomic E-state index is 0.0206. The molecule has 1 aliphatic carbocycles. The zero-order valence-corrected chi connectivity index (χ0v) is 13.7. The lowest BCUT2D eigenvalue weighted by molar-refractivity contribution is -0.0775. The molecule has 1 atom stereocenters. The normalized spacial score (nSPS) is 20.1. The molecule has 0 radical (unpaired) electrons. The Bertz CT molecular complexity index is 367. The largest absolute Gasteiger partial charge is 0.469 e. The first-order chi connectivity index (χ1) is 10.3. The van der Waals surface area contributed by atoms with Crippen LogP contribution in [-0.4, -0.2) is 24.8 Å². The summed E-state index contributed by atoms with van der Waals surface area (Å²) in [6, 6.07) is 4.41. The second kappa shape index (κ2) is 8.60. The minimum Gasteiger partial charge on any atom is -0.469 e. The second-order valence-corrected chi connectivity index (χ2v) is 6.20. The molecule has 1 unspecified atom stereocenters. The van der Waals surface area contributed by atoms with Crippen LogP contribution in [0.3, 0.4) is 0 Å². The average Bonchev–Trinajstić information content (AvgIpc) is 2.89. The zero-order chi connectivity index (χ0) is 15.0. The van der Waals surface area contributed by atoms with Gasteiger partial charge in [-0.3, -0.25) is 0 Å². The Morgan fingerprint density at radius 1 is 1.24 bits per heavy atom. The summed E-state index contributed by atoms with van der Waals surface area (Å²) in [5.74, 6) is 1.06. The van der Waals surface area contributed by atoms with Crippen molar-refractivity contribution in [3.05, 3.63) is 24.2 Å². The summed E-state index contributed by atoms with van der Waals surface area (Å²) < 4.78 is 11.9. The van der Waals surface area contributed by atoms with Crippen LogP contribution in [0.15, 0.2) is 22.8 Å². The molecule has 1 saturated carbocycles. The number of rotatable bonds is 8. The molecule has 21 heavy (non-hydrogen) atoms. The van der Waals surface area contributed by atoms with E-state index >= 15 is 0 Å². The molecule has 3 heteroatoms. The van der Waals surface area contributed by atoms with E-state index in [1.165, 1.54) is 38.5 Å². The van der Waals surface area contributed by atoms with Gasteiger partial charge in [0.2, 0.25) is 0 Å². The van der Waals surface area contributed by atoms with E-state index in [4.69, 9.17) is 9.15 Å². The molecule has 0 aliphatic heterocycles. The molecule has 1 aromatic heterocycles. The van der Waals surface area contributed by atoms with Gasteiger partial charge in [-0.1, -0.05) is 32.6 Å². The number of hydrogen-bond donors (Lipinski definition) is 1. The van der Waals surface area contributed by atoms with Crippen LogP contribution < -0.4 is 5.32 Å². The van der Waals surface area contributed by atoms with Gasteiger partial charge in [-0.15, -0.1) is 0 Å². The zero-order valence-electron chi connectivity index (χ0n) is 13.7. The van der Waals surface area contributed by atoms with Gasteiger partial charge in [0.05, 0.1) is 11.9 Å². The predicted molar refractivity (Wildman–Crippen MR) is 86.6 cm³/mol. The van der Waals surface area contributed by atoms with Crippen LogP contribution >= 0.6 is 0 Å². The first-order valence-corrected chi connectivity index (χ1v) is 8.70. The third-order valence-electron chi connectivity index (χ3n) is 4.64. The van der Waals surface area contributed by atoms with E-state index in [0.29, 0.717) is 6.04 Å². The maximum Gasteiger partial charge on any atom is 0.105 e. The van der Waals surface area contributed by atoms with Gasteiger partial charge in [-0.25, -0.2) is 0 Å². The Balaban J connectivity index is 2.15. The van der Waals surface area contributed by atoms with Crippen molar-refractivity contribution < 1.29 is 9.15 Å². The van der Waals surface area contributed by atoms with Crippen molar-refractivity contribution in [1.29, 1.82) is 0 Å². The van der Waals surface area contributed by atoms with Crippen molar-refractivity contribution >= 4 is 0 Å². The smallest absolute Gasteiger partial charge is 0.105 e. The lowest BCUT2D eigenvalue weighted by Crippen LogP contribution is -2.54. The molecule has 1 aromatic rings. The molecule has 0 bridgehead atoms. The summed E-state index contributed by atoms with van der Waals surface area (Å²) >= 11 is 0. The van der Waals surface area contributed by atoms with Crippen LogP contribution in [0.25, 0.3) is 0 Å². The van der Waals surface area contributed by atoms with E-state index in [0.717, 1.165) is 31.8 Å². The van der Waals surface area contributed by atoms with Gasteiger partial charge < -0.3 is 14.5 Å². The molecule has 1 N–H and O–H groups in total. The van der Waals surface area contributed by atoms with Crippen LogP contribution in [0.2, 0.25) is 0 Å². The molecule has 1 fully saturated rings. The van der Waals surface area contributed by atoms with Crippen molar-refractivity contribution in [1.82, 2.24) is 5.32 Å². The molecule has 3 nitrogen and oxygen atoms in total. The fourth-order valence-electron chi connectivity index (χ4n) is 3.60. The maximum absolute atomic E-state index is 6.35. The van der Waals surface area contributed by atoms with Crippen molar-refractivity contribution in [2.45, 2.75) is 76.9 Å². The second-order valence-electron chi connectivity index (χ2n) is 6.20. The van der Waals surface area contributed by atoms with Gasteiger partial charge in [0, 0.05) is 19.1 Å². The molecule has 1 aliphatic rings. The highest BCUT2D eigenvalue weighted by molar-refractivity contribution is 5.05. The van der Waals surface area contributed by atoms with Gasteiger partial charge in [0.15, 0.2) is 0 Å². The Morgan fingerprint density at radius 3 is 2.57 bits per heavy atom. The third kappa shape index (κ3) is 4.58. The Labute approximate surface area is 129 Å². The molecule has 0 spiro atoms. The summed E-state index contributed by atoms with van der Waals surface area (Å²) in [6.45, 7) is 6.18. The highest BCUT2D eigenvalue weighted by atomic mass is 16.5. The van der Waals surface area contributed by atoms with Gasteiger partial charge in [0.25, 0.3) is 0 Å². The van der Waals surface area contributed by atoms with E-state index in [-0.39, 0.29) is 5.60 Å². The van der Waals surface area contributed by atoms with Crippen LogP contribution in [0.5, 0.6) is 0 Å². The fraction of sp³-hybridized carbons (Fsp3) is 0.778. The average molecular weight is 293 g/mol. The molecule has 120 valence electrons. The van der Waals surface area contributed by atoms with Crippen LogP contribution in [-0.2, 0) is 11.2 Å². The summed E-state index contributed by atoms with van der Waals surface area (Å²) in [5.41, 5.74) is -0.0206. The predicted octanol–water partition coefficient (Wildman–Crippen LogP) is 4.32. The summed E-state index contributed by atoms with van der Waals surface area (Å²) in [6.07, 6.45) is 11.4. The monoisotopic (exact) mass is 293 g/mol. The Hall–Kier alpha value is -0.800. The SMILES string of the molecule is CCCNC(Cc1ccco1)C1(OCC)CCCCCC1. The van der Waals surface area contributed by atoms with E-state index < -0.39 is 0 Å². The number of nitrogens with one attached hydrogen (secondary N) is 1. The van der Waals surface area contributed by atoms with E-state index in [1.54, 1.807) is 6.26 Å².